The van der Waals surface area contributed by atoms with Gasteiger partial charge in [0, 0.05) is 4.90 Å². The van der Waals surface area contributed by atoms with Crippen LogP contribution in [-0.4, -0.2) is 4.98 Å². The van der Waals surface area contributed by atoms with Crippen molar-refractivity contribution in [2.24, 2.45) is 0 Å². The number of hydrogen-bond donors (Lipinski definition) is 1. The second-order valence-electron chi connectivity index (χ2n) is 2.37. The standard InChI is InChI=1S/C8H6ClNOS/c9-4-7-10-8-5(11-7)2-1-3-6(8)12/h1-3,12H,4H2. The summed E-state index contributed by atoms with van der Waals surface area (Å²) < 4.78 is 5.31. The maximum absolute atomic E-state index is 5.57. The maximum Gasteiger partial charge on any atom is 0.210 e. The molecule has 2 nitrogen and oxygen atoms in total. The average molecular weight is 200 g/mol. The summed E-state index contributed by atoms with van der Waals surface area (Å²) in [5.41, 5.74) is 1.51. The van der Waals surface area contributed by atoms with Gasteiger partial charge in [0.2, 0.25) is 5.89 Å². The normalized spacial score (nSPS) is 10.8. The number of fused-ring (bicyclic) bond motifs is 1. The largest absolute Gasteiger partial charge is 0.439 e. The maximum atomic E-state index is 5.57. The molecule has 0 fully saturated rings. The third kappa shape index (κ3) is 1.19. The van der Waals surface area contributed by atoms with E-state index in [1.165, 1.54) is 0 Å². The van der Waals surface area contributed by atoms with Crippen molar-refractivity contribution in [2.75, 3.05) is 0 Å². The summed E-state index contributed by atoms with van der Waals surface area (Å²) in [7, 11) is 0. The Hall–Kier alpha value is -0.670. The molecule has 4 heteroatoms. The molecule has 62 valence electrons. The van der Waals surface area contributed by atoms with Crippen molar-refractivity contribution in [2.45, 2.75) is 10.8 Å². The topological polar surface area (TPSA) is 26.0 Å². The first-order chi connectivity index (χ1) is 5.81. The van der Waals surface area contributed by atoms with Crippen molar-refractivity contribution < 1.29 is 4.42 Å². The lowest BCUT2D eigenvalue weighted by Crippen LogP contribution is -1.74. The van der Waals surface area contributed by atoms with Gasteiger partial charge in [-0.05, 0) is 12.1 Å². The second-order valence-corrected chi connectivity index (χ2v) is 3.11. The Labute approximate surface area is 80.0 Å². The zero-order valence-corrected chi connectivity index (χ0v) is 7.77. The van der Waals surface area contributed by atoms with E-state index >= 15 is 0 Å². The van der Waals surface area contributed by atoms with Gasteiger partial charge in [0.15, 0.2) is 5.58 Å². The molecule has 0 amide bonds. The van der Waals surface area contributed by atoms with Crippen LogP contribution >= 0.6 is 24.2 Å². The smallest absolute Gasteiger partial charge is 0.210 e. The van der Waals surface area contributed by atoms with E-state index in [4.69, 9.17) is 16.0 Å². The highest BCUT2D eigenvalue weighted by Crippen LogP contribution is 2.22. The van der Waals surface area contributed by atoms with Crippen LogP contribution in [0.1, 0.15) is 5.89 Å². The molecule has 1 aromatic heterocycles. The van der Waals surface area contributed by atoms with Crippen LogP contribution in [0.25, 0.3) is 11.1 Å². The Bertz CT molecular complexity index is 412. The molecule has 2 rings (SSSR count). The molecule has 0 saturated carbocycles. The zero-order chi connectivity index (χ0) is 8.55. The van der Waals surface area contributed by atoms with E-state index in [1.54, 1.807) is 0 Å². The van der Waals surface area contributed by atoms with Crippen LogP contribution in [0, 0.1) is 0 Å². The molecule has 12 heavy (non-hydrogen) atoms. The summed E-state index contributed by atoms with van der Waals surface area (Å²) in [5, 5.41) is 0. The third-order valence-electron chi connectivity index (χ3n) is 1.56. The lowest BCUT2D eigenvalue weighted by Gasteiger charge is -1.87. The lowest BCUT2D eigenvalue weighted by atomic mass is 10.3. The zero-order valence-electron chi connectivity index (χ0n) is 6.12. The molecular weight excluding hydrogens is 194 g/mol. The van der Waals surface area contributed by atoms with Gasteiger partial charge in [0.25, 0.3) is 0 Å². The van der Waals surface area contributed by atoms with E-state index in [0.717, 1.165) is 16.0 Å². The van der Waals surface area contributed by atoms with E-state index in [2.05, 4.69) is 17.6 Å². The molecule has 0 bridgehead atoms. The number of hydrogen-bond acceptors (Lipinski definition) is 3. The van der Waals surface area contributed by atoms with E-state index < -0.39 is 0 Å². The molecule has 0 spiro atoms. The fourth-order valence-corrected chi connectivity index (χ4v) is 1.40. The molecule has 1 heterocycles. The van der Waals surface area contributed by atoms with Crippen LogP contribution in [0.4, 0.5) is 0 Å². The lowest BCUT2D eigenvalue weighted by molar-refractivity contribution is 0.555. The first-order valence-electron chi connectivity index (χ1n) is 3.44. The minimum atomic E-state index is 0.294. The Morgan fingerprint density at radius 1 is 1.50 bits per heavy atom. The predicted molar refractivity (Wildman–Crippen MR) is 50.8 cm³/mol. The quantitative estimate of drug-likeness (QED) is 0.565. The number of aromatic nitrogens is 1. The Kier molecular flexibility index (Phi) is 1.98. The van der Waals surface area contributed by atoms with Crippen molar-refractivity contribution in [3.63, 3.8) is 0 Å². The summed E-state index contributed by atoms with van der Waals surface area (Å²) in [5.74, 6) is 0.829. The van der Waals surface area contributed by atoms with Gasteiger partial charge < -0.3 is 4.42 Å². The van der Waals surface area contributed by atoms with Gasteiger partial charge in [0.05, 0.1) is 5.88 Å². The highest BCUT2D eigenvalue weighted by molar-refractivity contribution is 7.80. The summed E-state index contributed by atoms with van der Waals surface area (Å²) in [4.78, 5) is 4.97. The van der Waals surface area contributed by atoms with Gasteiger partial charge in [0.1, 0.15) is 5.52 Å². The first kappa shape index (κ1) is 7.95. The van der Waals surface area contributed by atoms with Crippen molar-refractivity contribution in [1.82, 2.24) is 4.98 Å². The van der Waals surface area contributed by atoms with E-state index in [1.807, 2.05) is 18.2 Å². The van der Waals surface area contributed by atoms with Crippen LogP contribution in [0.15, 0.2) is 27.5 Å². The Morgan fingerprint density at radius 2 is 2.33 bits per heavy atom. The molecule has 0 aliphatic heterocycles. The third-order valence-corrected chi connectivity index (χ3v) is 2.15. The summed E-state index contributed by atoms with van der Waals surface area (Å²) in [6.45, 7) is 0. The number of halogens is 1. The molecule has 0 aliphatic rings. The van der Waals surface area contributed by atoms with Gasteiger partial charge in [-0.3, -0.25) is 0 Å². The minimum Gasteiger partial charge on any atom is -0.439 e. The van der Waals surface area contributed by atoms with Gasteiger partial charge in [-0.25, -0.2) is 4.98 Å². The Balaban J connectivity index is 2.74. The summed E-state index contributed by atoms with van der Waals surface area (Å²) >= 11 is 9.81. The van der Waals surface area contributed by atoms with E-state index in [9.17, 15) is 0 Å². The first-order valence-corrected chi connectivity index (χ1v) is 4.43. The number of nitrogens with zero attached hydrogens (tertiary/aromatic N) is 1. The van der Waals surface area contributed by atoms with E-state index in [-0.39, 0.29) is 0 Å². The van der Waals surface area contributed by atoms with Gasteiger partial charge >= 0.3 is 0 Å². The number of oxazole rings is 1. The average Bonchev–Trinajstić information content (AvgIpc) is 2.49. The van der Waals surface area contributed by atoms with Crippen molar-refractivity contribution in [3.05, 3.63) is 24.1 Å². The van der Waals surface area contributed by atoms with Crippen LogP contribution in [-0.2, 0) is 5.88 Å². The molecule has 2 aromatic rings. The molecule has 0 unspecified atom stereocenters. The highest BCUT2D eigenvalue weighted by Gasteiger charge is 2.05. The molecule has 0 N–H and O–H groups in total. The number of benzene rings is 1. The molecule has 0 saturated heterocycles. The monoisotopic (exact) mass is 199 g/mol. The van der Waals surface area contributed by atoms with Crippen LogP contribution < -0.4 is 0 Å². The fourth-order valence-electron chi connectivity index (χ4n) is 1.04. The highest BCUT2D eigenvalue weighted by atomic mass is 35.5. The SMILES string of the molecule is Sc1cccc2oc(CCl)nc12. The van der Waals surface area contributed by atoms with Crippen LogP contribution in [0.3, 0.4) is 0 Å². The molecule has 0 aliphatic carbocycles. The minimum absolute atomic E-state index is 0.294. The van der Waals surface area contributed by atoms with Crippen molar-refractivity contribution in [1.29, 1.82) is 0 Å². The predicted octanol–water partition coefficient (Wildman–Crippen LogP) is 2.86. The summed E-state index contributed by atoms with van der Waals surface area (Å²) in [6.07, 6.45) is 0. The van der Waals surface area contributed by atoms with Gasteiger partial charge in [-0.1, -0.05) is 6.07 Å². The molecule has 1 aromatic carbocycles. The van der Waals surface area contributed by atoms with Crippen LogP contribution in [0.2, 0.25) is 0 Å². The van der Waals surface area contributed by atoms with E-state index in [0.29, 0.717) is 11.8 Å². The number of para-hydroxylation sites is 1. The van der Waals surface area contributed by atoms with Crippen molar-refractivity contribution in [3.8, 4) is 0 Å². The summed E-state index contributed by atoms with van der Waals surface area (Å²) in [6, 6.07) is 5.58. The fraction of sp³-hybridized carbons (Fsp3) is 0.125. The molecule has 0 radical (unpaired) electrons. The number of thiol groups is 1. The number of alkyl halides is 1. The van der Waals surface area contributed by atoms with Gasteiger partial charge in [-0.15, -0.1) is 24.2 Å². The molecular formula is C8H6ClNOS. The number of rotatable bonds is 1. The molecule has 0 atom stereocenters. The van der Waals surface area contributed by atoms with Crippen LogP contribution in [0.5, 0.6) is 0 Å². The van der Waals surface area contributed by atoms with Gasteiger partial charge in [-0.2, -0.15) is 0 Å². The second kappa shape index (κ2) is 2.99. The Morgan fingerprint density at radius 3 is 3.00 bits per heavy atom. The van der Waals surface area contributed by atoms with Crippen molar-refractivity contribution >= 4 is 35.3 Å².